The van der Waals surface area contributed by atoms with Gasteiger partial charge in [0.05, 0.1) is 0 Å². The monoisotopic (exact) mass is 252 g/mol. The van der Waals surface area contributed by atoms with Crippen molar-refractivity contribution in [3.63, 3.8) is 0 Å². The molecule has 100 valence electrons. The molecule has 0 radical (unpaired) electrons. The van der Waals surface area contributed by atoms with Crippen molar-refractivity contribution in [1.29, 1.82) is 0 Å². The van der Waals surface area contributed by atoms with Crippen molar-refractivity contribution in [3.8, 4) is 0 Å². The van der Waals surface area contributed by atoms with Gasteiger partial charge in [-0.2, -0.15) is 5.21 Å². The fourth-order valence-corrected chi connectivity index (χ4v) is 2.20. The molecule has 1 fully saturated rings. The zero-order valence-corrected chi connectivity index (χ0v) is 11.1. The van der Waals surface area contributed by atoms with Crippen molar-refractivity contribution < 1.29 is 4.79 Å². The van der Waals surface area contributed by atoms with Crippen molar-refractivity contribution >= 4 is 5.91 Å². The van der Waals surface area contributed by atoms with Gasteiger partial charge in [-0.15, -0.1) is 10.2 Å². The summed E-state index contributed by atoms with van der Waals surface area (Å²) >= 11 is 0. The summed E-state index contributed by atoms with van der Waals surface area (Å²) in [6.07, 6.45) is 1.92. The third-order valence-electron chi connectivity index (χ3n) is 3.33. The number of H-pyrrole nitrogens is 1. The molecule has 18 heavy (non-hydrogen) atoms. The molecule has 0 aromatic carbocycles. The first-order valence-corrected chi connectivity index (χ1v) is 6.26. The molecule has 0 spiro atoms. The van der Waals surface area contributed by atoms with Crippen molar-refractivity contribution in [2.24, 2.45) is 0 Å². The van der Waals surface area contributed by atoms with E-state index < -0.39 is 0 Å². The molecular formula is C11H20N6O. The lowest BCUT2D eigenvalue weighted by molar-refractivity contribution is 0.0805. The summed E-state index contributed by atoms with van der Waals surface area (Å²) in [5.74, 6) is -0.147. The number of likely N-dealkylation sites (tertiary alicyclic amines) is 1. The van der Waals surface area contributed by atoms with Gasteiger partial charge in [0.15, 0.2) is 0 Å². The number of carbonyl (C=O) groups excluding carboxylic acids is 1. The number of rotatable bonds is 2. The quantitative estimate of drug-likeness (QED) is 0.784. The van der Waals surface area contributed by atoms with E-state index in [1.807, 2.05) is 0 Å². The lowest BCUT2D eigenvalue weighted by atomic mass is 9.98. The zero-order chi connectivity index (χ0) is 13.2. The Kier molecular flexibility index (Phi) is 3.60. The lowest BCUT2D eigenvalue weighted by Crippen LogP contribution is -2.50. The van der Waals surface area contributed by atoms with Gasteiger partial charge in [-0.3, -0.25) is 9.69 Å². The SMILES string of the molecule is CC(C)(C)N1CCC(NC(=O)c2nn[nH]n2)CC1. The van der Waals surface area contributed by atoms with E-state index in [1.54, 1.807) is 0 Å². The minimum absolute atomic E-state index is 0.105. The number of tetrazole rings is 1. The summed E-state index contributed by atoms with van der Waals surface area (Å²) < 4.78 is 0. The number of hydrogen-bond donors (Lipinski definition) is 2. The van der Waals surface area contributed by atoms with Crippen LogP contribution in [0.25, 0.3) is 0 Å². The van der Waals surface area contributed by atoms with Crippen LogP contribution in [0.5, 0.6) is 0 Å². The number of carbonyl (C=O) groups is 1. The predicted octanol–water partition coefficient (Wildman–Crippen LogP) is 0.192. The van der Waals surface area contributed by atoms with Crippen LogP contribution in [-0.4, -0.2) is 56.1 Å². The standard InChI is InChI=1S/C11H20N6O/c1-11(2,3)17-6-4-8(5-7-17)12-10(18)9-13-15-16-14-9/h8H,4-7H2,1-3H3,(H,12,18)(H,13,14,15,16). The summed E-state index contributed by atoms with van der Waals surface area (Å²) in [5.41, 5.74) is 0.197. The highest BCUT2D eigenvalue weighted by Crippen LogP contribution is 2.20. The predicted molar refractivity (Wildman–Crippen MR) is 66.0 cm³/mol. The number of amides is 1. The van der Waals surface area contributed by atoms with E-state index in [-0.39, 0.29) is 23.3 Å². The average Bonchev–Trinajstić information content (AvgIpc) is 2.82. The van der Waals surface area contributed by atoms with Gasteiger partial charge in [0.2, 0.25) is 0 Å². The van der Waals surface area contributed by atoms with Crippen LogP contribution in [0.4, 0.5) is 0 Å². The van der Waals surface area contributed by atoms with Gasteiger partial charge in [0.1, 0.15) is 0 Å². The second-order valence-corrected chi connectivity index (χ2v) is 5.64. The molecule has 2 rings (SSSR count). The molecule has 1 aliphatic rings. The molecule has 7 heteroatoms. The maximum absolute atomic E-state index is 11.7. The molecule has 0 atom stereocenters. The van der Waals surface area contributed by atoms with Gasteiger partial charge in [0, 0.05) is 24.7 Å². The smallest absolute Gasteiger partial charge is 0.293 e. The fraction of sp³-hybridized carbons (Fsp3) is 0.818. The van der Waals surface area contributed by atoms with Gasteiger partial charge in [-0.05, 0) is 38.8 Å². The summed E-state index contributed by atoms with van der Waals surface area (Å²) in [6, 6.07) is 0.203. The number of hydrogen-bond acceptors (Lipinski definition) is 5. The van der Waals surface area contributed by atoms with Gasteiger partial charge < -0.3 is 5.32 Å². The van der Waals surface area contributed by atoms with Gasteiger partial charge >= 0.3 is 0 Å². The van der Waals surface area contributed by atoms with Crippen LogP contribution in [0, 0.1) is 0 Å². The topological polar surface area (TPSA) is 86.8 Å². The van der Waals surface area contributed by atoms with E-state index in [2.05, 4.69) is 51.6 Å². The van der Waals surface area contributed by atoms with Gasteiger partial charge in [-0.25, -0.2) is 0 Å². The minimum atomic E-state index is -0.252. The fourth-order valence-electron chi connectivity index (χ4n) is 2.20. The van der Waals surface area contributed by atoms with Gasteiger partial charge in [-0.1, -0.05) is 0 Å². The first kappa shape index (κ1) is 12.9. The van der Waals surface area contributed by atoms with Crippen LogP contribution < -0.4 is 5.32 Å². The van der Waals surface area contributed by atoms with Crippen LogP contribution in [-0.2, 0) is 0 Å². The lowest BCUT2D eigenvalue weighted by Gasteiger charge is -2.40. The number of piperidine rings is 1. The summed E-state index contributed by atoms with van der Waals surface area (Å²) in [4.78, 5) is 14.2. The van der Waals surface area contributed by atoms with Crippen molar-refractivity contribution in [2.45, 2.75) is 45.2 Å². The Bertz CT molecular complexity index is 388. The maximum atomic E-state index is 11.7. The Labute approximate surface area is 106 Å². The summed E-state index contributed by atoms with van der Waals surface area (Å²) in [5, 5.41) is 15.9. The van der Waals surface area contributed by atoms with E-state index in [4.69, 9.17) is 0 Å². The number of nitrogens with zero attached hydrogens (tertiary/aromatic N) is 4. The Morgan fingerprint density at radius 1 is 1.39 bits per heavy atom. The molecular weight excluding hydrogens is 232 g/mol. The Hall–Kier alpha value is -1.50. The Morgan fingerprint density at radius 3 is 2.56 bits per heavy atom. The molecule has 1 aromatic rings. The average molecular weight is 252 g/mol. The Balaban J connectivity index is 1.82. The normalized spacial score (nSPS) is 18.8. The van der Waals surface area contributed by atoms with E-state index in [1.165, 1.54) is 0 Å². The molecule has 1 saturated heterocycles. The van der Waals surface area contributed by atoms with Crippen molar-refractivity contribution in [1.82, 2.24) is 30.8 Å². The van der Waals surface area contributed by atoms with Crippen LogP contribution in [0.2, 0.25) is 0 Å². The molecule has 0 aliphatic carbocycles. The number of nitrogens with one attached hydrogen (secondary N) is 2. The molecule has 0 saturated carbocycles. The first-order valence-electron chi connectivity index (χ1n) is 6.26. The maximum Gasteiger partial charge on any atom is 0.293 e. The second-order valence-electron chi connectivity index (χ2n) is 5.64. The third-order valence-corrected chi connectivity index (χ3v) is 3.33. The molecule has 7 nitrogen and oxygen atoms in total. The molecule has 2 heterocycles. The van der Waals surface area contributed by atoms with Crippen LogP contribution in [0.3, 0.4) is 0 Å². The van der Waals surface area contributed by atoms with Gasteiger partial charge in [0.25, 0.3) is 11.7 Å². The highest BCUT2D eigenvalue weighted by Gasteiger charge is 2.28. The molecule has 2 N–H and O–H groups in total. The summed E-state index contributed by atoms with van der Waals surface area (Å²) in [7, 11) is 0. The summed E-state index contributed by atoms with van der Waals surface area (Å²) in [6.45, 7) is 8.64. The molecule has 1 amide bonds. The number of aromatic amines is 1. The minimum Gasteiger partial charge on any atom is -0.346 e. The van der Waals surface area contributed by atoms with E-state index in [0.29, 0.717) is 0 Å². The molecule has 0 unspecified atom stereocenters. The van der Waals surface area contributed by atoms with Crippen molar-refractivity contribution in [2.75, 3.05) is 13.1 Å². The molecule has 1 aliphatic heterocycles. The second kappa shape index (κ2) is 5.01. The Morgan fingerprint density at radius 2 is 2.06 bits per heavy atom. The van der Waals surface area contributed by atoms with E-state index >= 15 is 0 Å². The van der Waals surface area contributed by atoms with Crippen LogP contribution in [0.15, 0.2) is 0 Å². The molecule has 1 aromatic heterocycles. The van der Waals surface area contributed by atoms with E-state index in [0.717, 1.165) is 25.9 Å². The van der Waals surface area contributed by atoms with Crippen LogP contribution >= 0.6 is 0 Å². The largest absolute Gasteiger partial charge is 0.346 e. The third kappa shape index (κ3) is 3.04. The van der Waals surface area contributed by atoms with Crippen LogP contribution in [0.1, 0.15) is 44.2 Å². The number of aromatic nitrogens is 4. The highest BCUT2D eigenvalue weighted by molar-refractivity contribution is 5.90. The first-order chi connectivity index (χ1) is 8.47. The molecule has 0 bridgehead atoms. The van der Waals surface area contributed by atoms with Crippen molar-refractivity contribution in [3.05, 3.63) is 5.82 Å². The zero-order valence-electron chi connectivity index (χ0n) is 11.1. The highest BCUT2D eigenvalue weighted by atomic mass is 16.2. The van der Waals surface area contributed by atoms with E-state index in [9.17, 15) is 4.79 Å².